The Hall–Kier alpha value is -1.97. The molecule has 1 fully saturated rings. The van der Waals surface area contributed by atoms with Crippen LogP contribution in [-0.4, -0.2) is 27.4 Å². The first-order chi connectivity index (χ1) is 17.6. The van der Waals surface area contributed by atoms with Crippen molar-refractivity contribution in [1.82, 2.24) is 4.90 Å². The highest BCUT2D eigenvalue weighted by molar-refractivity contribution is 5.91. The molecular weight excluding hydrogens is 442 g/mol. The third kappa shape index (κ3) is 9.82. The molecule has 0 spiro atoms. The number of nitrogens with zero attached hydrogens (tertiary/aromatic N) is 1. The summed E-state index contributed by atoms with van der Waals surface area (Å²) in [5.74, 6) is 0.227. The lowest BCUT2D eigenvalue weighted by Crippen LogP contribution is -2.43. The Balaban J connectivity index is 1.40. The van der Waals surface area contributed by atoms with Crippen molar-refractivity contribution in [2.75, 3.05) is 0 Å². The Labute approximate surface area is 220 Å². The minimum atomic E-state index is -0.510. The van der Waals surface area contributed by atoms with E-state index < -0.39 is 11.6 Å². The molecule has 1 aliphatic carbocycles. The molecule has 0 bridgehead atoms. The van der Waals surface area contributed by atoms with Crippen LogP contribution in [0.5, 0.6) is 0 Å². The summed E-state index contributed by atoms with van der Waals surface area (Å²) < 4.78 is 0. The molecule has 0 heterocycles. The zero-order valence-electron chi connectivity index (χ0n) is 22.7. The number of benzene rings is 2. The van der Waals surface area contributed by atoms with Gasteiger partial charge < -0.3 is 5.11 Å². The van der Waals surface area contributed by atoms with Crippen molar-refractivity contribution in [3.8, 4) is 0 Å². The number of hydrogen-bond acceptors (Lipinski definition) is 3. The Bertz CT molecular complexity index is 805. The summed E-state index contributed by atoms with van der Waals surface area (Å²) in [6.45, 7) is 3.79. The predicted molar refractivity (Wildman–Crippen MR) is 151 cm³/mol. The van der Waals surface area contributed by atoms with E-state index in [1.807, 2.05) is 12.1 Å². The molecule has 0 aliphatic heterocycles. The first-order valence-corrected chi connectivity index (χ1v) is 14.7. The standard InChI is InChI=1S/C33H49NO2/c1-2-3-4-5-6-7-8-9-10-11-18-23-31(35)26-32(36)33(24-25-33)34(27-29-19-14-12-15-20-29)28-30-21-16-13-17-22-30/h12-17,19-22,31,35H,2-11,18,23-28H2,1H3/t31-/m0/s1. The highest BCUT2D eigenvalue weighted by atomic mass is 16.3. The van der Waals surface area contributed by atoms with Crippen LogP contribution >= 0.6 is 0 Å². The number of hydrogen-bond donors (Lipinski definition) is 1. The molecule has 2 aromatic carbocycles. The molecule has 1 aliphatic rings. The molecule has 3 heteroatoms. The Kier molecular flexibility index (Phi) is 12.7. The fourth-order valence-electron chi connectivity index (χ4n) is 5.41. The van der Waals surface area contributed by atoms with Crippen LogP contribution < -0.4 is 0 Å². The monoisotopic (exact) mass is 491 g/mol. The van der Waals surface area contributed by atoms with Crippen LogP contribution in [0.4, 0.5) is 0 Å². The molecule has 0 unspecified atom stereocenters. The number of unbranched alkanes of at least 4 members (excludes halogenated alkanes) is 10. The number of Topliss-reactive ketones (excluding diaryl/α,β-unsaturated/α-hetero) is 1. The van der Waals surface area contributed by atoms with E-state index in [1.165, 1.54) is 75.3 Å². The smallest absolute Gasteiger partial charge is 0.155 e. The van der Waals surface area contributed by atoms with Gasteiger partial charge in [-0.15, -0.1) is 0 Å². The summed E-state index contributed by atoms with van der Waals surface area (Å²) >= 11 is 0. The fourth-order valence-corrected chi connectivity index (χ4v) is 5.41. The number of carbonyl (C=O) groups excluding carboxylic acids is 1. The van der Waals surface area contributed by atoms with Crippen molar-refractivity contribution in [1.29, 1.82) is 0 Å². The van der Waals surface area contributed by atoms with E-state index in [9.17, 15) is 9.90 Å². The van der Waals surface area contributed by atoms with Gasteiger partial charge >= 0.3 is 0 Å². The highest BCUT2D eigenvalue weighted by Crippen LogP contribution is 2.45. The van der Waals surface area contributed by atoms with E-state index in [2.05, 4.69) is 60.4 Å². The lowest BCUT2D eigenvalue weighted by atomic mass is 9.97. The van der Waals surface area contributed by atoms with Crippen LogP contribution in [0, 0.1) is 0 Å². The first kappa shape index (κ1) is 28.6. The van der Waals surface area contributed by atoms with Gasteiger partial charge in [-0.1, -0.05) is 138 Å². The van der Waals surface area contributed by atoms with E-state index in [0.29, 0.717) is 0 Å². The molecule has 2 aromatic rings. The average Bonchev–Trinajstić information content (AvgIpc) is 3.70. The Morgan fingerprint density at radius 3 is 1.64 bits per heavy atom. The molecule has 1 saturated carbocycles. The van der Waals surface area contributed by atoms with Crippen LogP contribution in [-0.2, 0) is 17.9 Å². The molecule has 0 aromatic heterocycles. The van der Waals surface area contributed by atoms with Crippen LogP contribution in [0.25, 0.3) is 0 Å². The lowest BCUT2D eigenvalue weighted by molar-refractivity contribution is -0.128. The zero-order chi connectivity index (χ0) is 25.5. The largest absolute Gasteiger partial charge is 0.393 e. The number of rotatable bonds is 20. The number of carbonyl (C=O) groups is 1. The average molecular weight is 492 g/mol. The summed E-state index contributed by atoms with van der Waals surface area (Å²) in [7, 11) is 0. The summed E-state index contributed by atoms with van der Waals surface area (Å²) in [5, 5.41) is 10.7. The summed E-state index contributed by atoms with van der Waals surface area (Å²) in [4.78, 5) is 15.8. The predicted octanol–water partition coefficient (Wildman–Crippen LogP) is 8.24. The Morgan fingerprint density at radius 1 is 0.750 bits per heavy atom. The van der Waals surface area contributed by atoms with Crippen LogP contribution in [0.15, 0.2) is 60.7 Å². The minimum Gasteiger partial charge on any atom is -0.393 e. The lowest BCUT2D eigenvalue weighted by Gasteiger charge is -2.32. The second-order valence-corrected chi connectivity index (χ2v) is 11.0. The van der Waals surface area contributed by atoms with E-state index in [1.54, 1.807) is 0 Å². The van der Waals surface area contributed by atoms with Gasteiger partial charge in [-0.05, 0) is 30.4 Å². The maximum Gasteiger partial charge on any atom is 0.155 e. The second-order valence-electron chi connectivity index (χ2n) is 11.0. The number of aliphatic hydroxyl groups excluding tert-OH is 1. The van der Waals surface area contributed by atoms with Gasteiger partial charge in [0, 0.05) is 19.5 Å². The molecular formula is C33H49NO2. The molecule has 0 saturated heterocycles. The van der Waals surface area contributed by atoms with Crippen LogP contribution in [0.2, 0.25) is 0 Å². The molecule has 198 valence electrons. The molecule has 0 amide bonds. The van der Waals surface area contributed by atoms with Gasteiger partial charge in [0.15, 0.2) is 5.78 Å². The first-order valence-electron chi connectivity index (χ1n) is 14.7. The SMILES string of the molecule is CCCCCCCCCCCCC[C@H](O)CC(=O)C1(N(Cc2ccccc2)Cc2ccccc2)CC1. The van der Waals surface area contributed by atoms with Gasteiger partial charge in [0.25, 0.3) is 0 Å². The van der Waals surface area contributed by atoms with Crippen molar-refractivity contribution in [2.45, 2.75) is 128 Å². The normalized spacial score (nSPS) is 15.2. The van der Waals surface area contributed by atoms with Gasteiger partial charge in [-0.2, -0.15) is 0 Å². The third-order valence-corrected chi connectivity index (χ3v) is 7.84. The van der Waals surface area contributed by atoms with Gasteiger partial charge in [0.2, 0.25) is 0 Å². The molecule has 0 radical (unpaired) electrons. The Morgan fingerprint density at radius 2 is 1.19 bits per heavy atom. The van der Waals surface area contributed by atoms with E-state index in [0.717, 1.165) is 38.8 Å². The zero-order valence-corrected chi connectivity index (χ0v) is 22.7. The minimum absolute atomic E-state index is 0.227. The maximum absolute atomic E-state index is 13.5. The summed E-state index contributed by atoms with van der Waals surface area (Å²) in [6, 6.07) is 20.9. The number of ketones is 1. The second kappa shape index (κ2) is 16.0. The van der Waals surface area contributed by atoms with Gasteiger partial charge in [0.1, 0.15) is 0 Å². The van der Waals surface area contributed by atoms with Crippen molar-refractivity contribution < 1.29 is 9.90 Å². The van der Waals surface area contributed by atoms with Crippen molar-refractivity contribution in [3.05, 3.63) is 71.8 Å². The van der Waals surface area contributed by atoms with Crippen LogP contribution in [0.1, 0.15) is 114 Å². The number of aliphatic hydroxyl groups is 1. The van der Waals surface area contributed by atoms with Crippen molar-refractivity contribution in [3.63, 3.8) is 0 Å². The van der Waals surface area contributed by atoms with Crippen molar-refractivity contribution >= 4 is 5.78 Å². The molecule has 3 rings (SSSR count). The molecule has 1 N–H and O–H groups in total. The quantitative estimate of drug-likeness (QED) is 0.190. The molecule has 3 nitrogen and oxygen atoms in total. The van der Waals surface area contributed by atoms with E-state index in [-0.39, 0.29) is 12.2 Å². The van der Waals surface area contributed by atoms with E-state index in [4.69, 9.17) is 0 Å². The third-order valence-electron chi connectivity index (χ3n) is 7.84. The van der Waals surface area contributed by atoms with Gasteiger partial charge in [-0.25, -0.2) is 0 Å². The topological polar surface area (TPSA) is 40.5 Å². The molecule has 1 atom stereocenters. The fraction of sp³-hybridized carbons (Fsp3) is 0.606. The maximum atomic E-state index is 13.5. The highest BCUT2D eigenvalue weighted by Gasteiger charge is 2.53. The molecule has 36 heavy (non-hydrogen) atoms. The summed E-state index contributed by atoms with van der Waals surface area (Å²) in [6.07, 6.45) is 16.6. The van der Waals surface area contributed by atoms with Crippen LogP contribution in [0.3, 0.4) is 0 Å². The van der Waals surface area contributed by atoms with E-state index >= 15 is 0 Å². The van der Waals surface area contributed by atoms with Gasteiger partial charge in [-0.3, -0.25) is 9.69 Å². The van der Waals surface area contributed by atoms with Crippen molar-refractivity contribution in [2.24, 2.45) is 0 Å². The summed E-state index contributed by atoms with van der Waals surface area (Å²) in [5.41, 5.74) is 2.05. The van der Waals surface area contributed by atoms with Gasteiger partial charge in [0.05, 0.1) is 11.6 Å².